The first-order chi connectivity index (χ1) is 8.50. The number of nitrogen functional groups attached to an aromatic ring is 1. The molecule has 0 heterocycles. The fraction of sp³-hybridized carbons (Fsp3) is 0.286. The topological polar surface area (TPSA) is 60.2 Å². The number of rotatable bonds is 5. The Hall–Kier alpha value is -1.55. The molecule has 3 nitrogen and oxygen atoms in total. The molecule has 0 amide bonds. The molecule has 0 saturated carbocycles. The number of ketones is 1. The standard InChI is InChI=1S/C14H17NO2S/c1-10(16)13-9-12(6-7-14(13)15)5-3-4-8-18-11(2)17/h3,5-7,9H,4,8,15H2,1-2H3. The molecule has 96 valence electrons. The van der Waals surface area contributed by atoms with Crippen molar-refractivity contribution in [2.45, 2.75) is 20.3 Å². The number of carbonyl (C=O) groups is 2. The van der Waals surface area contributed by atoms with E-state index in [1.807, 2.05) is 18.2 Å². The third-order valence-electron chi connectivity index (χ3n) is 2.36. The largest absolute Gasteiger partial charge is 0.398 e. The molecule has 1 rings (SSSR count). The summed E-state index contributed by atoms with van der Waals surface area (Å²) in [4.78, 5) is 22.0. The number of benzene rings is 1. The van der Waals surface area contributed by atoms with E-state index in [1.165, 1.54) is 18.7 Å². The molecule has 0 aromatic heterocycles. The number of anilines is 1. The second kappa shape index (κ2) is 7.01. The van der Waals surface area contributed by atoms with E-state index < -0.39 is 0 Å². The lowest BCUT2D eigenvalue weighted by Gasteiger charge is -2.02. The monoisotopic (exact) mass is 263 g/mol. The van der Waals surface area contributed by atoms with Gasteiger partial charge in [0.15, 0.2) is 10.9 Å². The number of Topliss-reactive ketones (excluding diaryl/α,β-unsaturated/α-hetero) is 1. The lowest BCUT2D eigenvalue weighted by Crippen LogP contribution is -1.99. The number of hydrogen-bond acceptors (Lipinski definition) is 4. The van der Waals surface area contributed by atoms with Gasteiger partial charge in [-0.1, -0.05) is 30.0 Å². The Morgan fingerprint density at radius 1 is 1.33 bits per heavy atom. The minimum Gasteiger partial charge on any atom is -0.398 e. The van der Waals surface area contributed by atoms with Crippen LogP contribution in [0.2, 0.25) is 0 Å². The van der Waals surface area contributed by atoms with Gasteiger partial charge in [0, 0.05) is 23.9 Å². The van der Waals surface area contributed by atoms with Crippen molar-refractivity contribution in [3.05, 3.63) is 35.4 Å². The maximum absolute atomic E-state index is 11.3. The molecule has 1 aromatic rings. The first-order valence-electron chi connectivity index (χ1n) is 5.71. The first kappa shape index (κ1) is 14.5. The summed E-state index contributed by atoms with van der Waals surface area (Å²) in [6, 6.07) is 5.39. The number of hydrogen-bond donors (Lipinski definition) is 1. The van der Waals surface area contributed by atoms with Crippen LogP contribution in [0.15, 0.2) is 24.3 Å². The summed E-state index contributed by atoms with van der Waals surface area (Å²) in [5.41, 5.74) is 7.72. The highest BCUT2D eigenvalue weighted by Crippen LogP contribution is 2.16. The van der Waals surface area contributed by atoms with Crippen molar-refractivity contribution in [1.29, 1.82) is 0 Å². The predicted octanol–water partition coefficient (Wildman–Crippen LogP) is 3.15. The maximum Gasteiger partial charge on any atom is 0.185 e. The molecule has 1 aromatic carbocycles. The van der Waals surface area contributed by atoms with Crippen molar-refractivity contribution in [3.63, 3.8) is 0 Å². The molecule has 0 atom stereocenters. The summed E-state index contributed by atoms with van der Waals surface area (Å²) in [7, 11) is 0. The highest BCUT2D eigenvalue weighted by molar-refractivity contribution is 8.13. The predicted molar refractivity (Wildman–Crippen MR) is 77.6 cm³/mol. The lowest BCUT2D eigenvalue weighted by atomic mass is 10.1. The van der Waals surface area contributed by atoms with Gasteiger partial charge in [0.05, 0.1) is 0 Å². The molecule has 0 saturated heterocycles. The van der Waals surface area contributed by atoms with Crippen LogP contribution in [0, 0.1) is 0 Å². The van der Waals surface area contributed by atoms with E-state index in [2.05, 4.69) is 0 Å². The molecule has 0 bridgehead atoms. The van der Waals surface area contributed by atoms with E-state index in [9.17, 15) is 9.59 Å². The molecule has 0 aliphatic heterocycles. The van der Waals surface area contributed by atoms with Crippen LogP contribution in [0.3, 0.4) is 0 Å². The van der Waals surface area contributed by atoms with Crippen molar-refractivity contribution >= 4 is 34.4 Å². The Morgan fingerprint density at radius 3 is 2.67 bits per heavy atom. The Morgan fingerprint density at radius 2 is 2.06 bits per heavy atom. The smallest absolute Gasteiger partial charge is 0.185 e. The van der Waals surface area contributed by atoms with Gasteiger partial charge in [-0.05, 0) is 31.0 Å². The first-order valence-corrected chi connectivity index (χ1v) is 6.69. The summed E-state index contributed by atoms with van der Waals surface area (Å²) in [5.74, 6) is 0.746. The van der Waals surface area contributed by atoms with Crippen molar-refractivity contribution in [1.82, 2.24) is 0 Å². The van der Waals surface area contributed by atoms with E-state index >= 15 is 0 Å². The summed E-state index contributed by atoms with van der Waals surface area (Å²) in [5, 5.41) is 0.134. The van der Waals surface area contributed by atoms with Crippen LogP contribution < -0.4 is 5.73 Å². The molecule has 0 radical (unpaired) electrons. The zero-order valence-corrected chi connectivity index (χ0v) is 11.4. The van der Waals surface area contributed by atoms with Crippen LogP contribution in [0.25, 0.3) is 6.08 Å². The van der Waals surface area contributed by atoms with Crippen LogP contribution >= 0.6 is 11.8 Å². The Kier molecular flexibility index (Phi) is 5.65. The number of carbonyl (C=O) groups excluding carboxylic acids is 2. The second-order valence-electron chi connectivity index (χ2n) is 3.93. The molecule has 0 unspecified atom stereocenters. The van der Waals surface area contributed by atoms with Gasteiger partial charge in [-0.3, -0.25) is 9.59 Å². The third-order valence-corrected chi connectivity index (χ3v) is 3.20. The third kappa shape index (κ3) is 4.75. The van der Waals surface area contributed by atoms with Crippen LogP contribution in [0.4, 0.5) is 5.69 Å². The van der Waals surface area contributed by atoms with Gasteiger partial charge in [-0.25, -0.2) is 0 Å². The molecule has 18 heavy (non-hydrogen) atoms. The normalized spacial score (nSPS) is 10.8. The van der Waals surface area contributed by atoms with Crippen LogP contribution in [-0.4, -0.2) is 16.7 Å². The Balaban J connectivity index is 2.62. The Bertz CT molecular complexity index is 481. The summed E-state index contributed by atoms with van der Waals surface area (Å²) < 4.78 is 0. The summed E-state index contributed by atoms with van der Waals surface area (Å²) in [6.45, 7) is 3.07. The summed E-state index contributed by atoms with van der Waals surface area (Å²) in [6.07, 6.45) is 4.75. The highest BCUT2D eigenvalue weighted by Gasteiger charge is 2.04. The van der Waals surface area contributed by atoms with E-state index in [4.69, 9.17) is 5.73 Å². The molecule has 0 aliphatic rings. The van der Waals surface area contributed by atoms with E-state index in [0.717, 1.165) is 17.7 Å². The van der Waals surface area contributed by atoms with Crippen molar-refractivity contribution in [2.75, 3.05) is 11.5 Å². The van der Waals surface area contributed by atoms with Gasteiger partial charge in [-0.2, -0.15) is 0 Å². The molecular weight excluding hydrogens is 246 g/mol. The quantitative estimate of drug-likeness (QED) is 0.503. The SMILES string of the molecule is CC(=O)SCCC=Cc1ccc(N)c(C(C)=O)c1. The minimum atomic E-state index is -0.0325. The van der Waals surface area contributed by atoms with Gasteiger partial charge in [0.25, 0.3) is 0 Å². The molecule has 0 spiro atoms. The van der Waals surface area contributed by atoms with E-state index in [-0.39, 0.29) is 10.9 Å². The number of nitrogens with two attached hydrogens (primary N) is 1. The fourth-order valence-electron chi connectivity index (χ4n) is 1.47. The van der Waals surface area contributed by atoms with E-state index in [1.54, 1.807) is 19.1 Å². The molecule has 0 aliphatic carbocycles. The average molecular weight is 263 g/mol. The fourth-order valence-corrected chi connectivity index (χ4v) is 2.01. The second-order valence-corrected chi connectivity index (χ2v) is 5.21. The van der Waals surface area contributed by atoms with Crippen molar-refractivity contribution < 1.29 is 9.59 Å². The van der Waals surface area contributed by atoms with Gasteiger partial charge in [0.1, 0.15) is 0 Å². The number of thioether (sulfide) groups is 1. The Labute approximate surface area is 111 Å². The van der Waals surface area contributed by atoms with Crippen molar-refractivity contribution in [3.8, 4) is 0 Å². The van der Waals surface area contributed by atoms with Crippen molar-refractivity contribution in [2.24, 2.45) is 0 Å². The summed E-state index contributed by atoms with van der Waals surface area (Å²) >= 11 is 1.31. The highest BCUT2D eigenvalue weighted by atomic mass is 32.2. The molecule has 4 heteroatoms. The van der Waals surface area contributed by atoms with Gasteiger partial charge in [0.2, 0.25) is 0 Å². The maximum atomic E-state index is 11.3. The van der Waals surface area contributed by atoms with Gasteiger partial charge >= 0.3 is 0 Å². The minimum absolute atomic E-state index is 0.0325. The average Bonchev–Trinajstić information content (AvgIpc) is 2.30. The molecular formula is C14H17NO2S. The molecule has 2 N–H and O–H groups in total. The zero-order chi connectivity index (χ0) is 13.5. The van der Waals surface area contributed by atoms with Crippen LogP contribution in [0.1, 0.15) is 36.2 Å². The zero-order valence-electron chi connectivity index (χ0n) is 10.6. The van der Waals surface area contributed by atoms with Gasteiger partial charge < -0.3 is 5.73 Å². The van der Waals surface area contributed by atoms with Crippen LogP contribution in [-0.2, 0) is 4.79 Å². The van der Waals surface area contributed by atoms with Crippen LogP contribution in [0.5, 0.6) is 0 Å². The lowest BCUT2D eigenvalue weighted by molar-refractivity contribution is -0.109. The number of allylic oxidation sites excluding steroid dienone is 1. The van der Waals surface area contributed by atoms with E-state index in [0.29, 0.717) is 11.3 Å². The van der Waals surface area contributed by atoms with Gasteiger partial charge in [-0.15, -0.1) is 0 Å². The molecule has 0 fully saturated rings.